The maximum Gasteiger partial charge on any atom is 0.336 e. The largest absolute Gasteiger partial charge is 0.466 e. The van der Waals surface area contributed by atoms with E-state index in [4.69, 9.17) is 4.74 Å². The molecular weight excluding hydrogens is 348 g/mol. The summed E-state index contributed by atoms with van der Waals surface area (Å²) < 4.78 is 4.94. The molecule has 2 aliphatic rings. The van der Waals surface area contributed by atoms with Crippen molar-refractivity contribution in [2.75, 3.05) is 7.11 Å². The van der Waals surface area contributed by atoms with Crippen LogP contribution in [0.15, 0.2) is 46.8 Å². The molecule has 0 saturated heterocycles. The number of allylic oxidation sites excluding steroid dienone is 3. The Morgan fingerprint density at radius 1 is 1.33 bits per heavy atom. The molecule has 142 valence electrons. The first-order valence-corrected chi connectivity index (χ1v) is 8.71. The molecule has 7 nitrogen and oxygen atoms in total. The molecule has 0 bridgehead atoms. The number of esters is 1. The molecule has 7 heteroatoms. The van der Waals surface area contributed by atoms with E-state index in [0.29, 0.717) is 35.2 Å². The summed E-state index contributed by atoms with van der Waals surface area (Å²) in [4.78, 5) is 36.2. The van der Waals surface area contributed by atoms with Crippen LogP contribution in [0.3, 0.4) is 0 Å². The van der Waals surface area contributed by atoms with Gasteiger partial charge in [0.15, 0.2) is 5.78 Å². The maximum absolute atomic E-state index is 13.0. The van der Waals surface area contributed by atoms with Crippen LogP contribution in [-0.4, -0.2) is 23.8 Å². The minimum atomic E-state index is -0.683. The first kappa shape index (κ1) is 18.8. The fourth-order valence-electron chi connectivity index (χ4n) is 3.97. The van der Waals surface area contributed by atoms with E-state index in [9.17, 15) is 19.7 Å². The number of carbonyl (C=O) groups is 2. The van der Waals surface area contributed by atoms with Gasteiger partial charge < -0.3 is 10.1 Å². The number of ether oxygens (including phenoxy) is 1. The smallest absolute Gasteiger partial charge is 0.336 e. The van der Waals surface area contributed by atoms with Crippen molar-refractivity contribution in [3.63, 3.8) is 0 Å². The quantitative estimate of drug-likeness (QED) is 0.498. The molecule has 0 aromatic heterocycles. The van der Waals surface area contributed by atoms with Gasteiger partial charge in [-0.05, 0) is 24.3 Å². The summed E-state index contributed by atoms with van der Waals surface area (Å²) in [6, 6.07) is 6.08. The predicted octanol–water partition coefficient (Wildman–Crippen LogP) is 3.37. The fraction of sp³-hybridized carbons (Fsp3) is 0.400. The second kappa shape index (κ2) is 6.64. The molecule has 1 unspecified atom stereocenters. The van der Waals surface area contributed by atoms with Crippen LogP contribution in [0.1, 0.15) is 45.1 Å². The van der Waals surface area contributed by atoms with E-state index in [1.165, 1.54) is 19.2 Å². The standard InChI is InChI=1S/C20H22N2O5/c1-11-16(19(24)27-4)17(12-6-5-7-13(8-12)22(25)26)18-14(21-11)9-20(2,3)10-15(18)23/h5-8,17,21H,9-10H2,1-4H3. The van der Waals surface area contributed by atoms with Crippen molar-refractivity contribution in [3.05, 3.63) is 62.5 Å². The van der Waals surface area contributed by atoms with Gasteiger partial charge in [0.05, 0.1) is 17.6 Å². The molecule has 0 amide bonds. The Morgan fingerprint density at radius 2 is 2.04 bits per heavy atom. The Bertz CT molecular complexity index is 911. The summed E-state index contributed by atoms with van der Waals surface area (Å²) in [6.07, 6.45) is 1.01. The van der Waals surface area contributed by atoms with Crippen LogP contribution in [0.25, 0.3) is 0 Å². The van der Waals surface area contributed by atoms with Crippen molar-refractivity contribution >= 4 is 17.4 Å². The van der Waals surface area contributed by atoms with Gasteiger partial charge in [-0.3, -0.25) is 14.9 Å². The number of nitrogens with zero attached hydrogens (tertiary/aromatic N) is 1. The second-order valence-corrected chi connectivity index (χ2v) is 7.77. The van der Waals surface area contributed by atoms with Crippen molar-refractivity contribution in [3.8, 4) is 0 Å². The second-order valence-electron chi connectivity index (χ2n) is 7.77. The van der Waals surface area contributed by atoms with E-state index in [1.807, 2.05) is 13.8 Å². The highest BCUT2D eigenvalue weighted by Crippen LogP contribution is 2.47. The SMILES string of the molecule is COC(=O)C1=C(C)NC2=C(C(=O)CC(C)(C)C2)C1c1cccc([N+](=O)[O-])c1. The van der Waals surface area contributed by atoms with Gasteiger partial charge >= 0.3 is 5.97 Å². The molecule has 1 heterocycles. The van der Waals surface area contributed by atoms with Crippen molar-refractivity contribution in [2.24, 2.45) is 5.41 Å². The van der Waals surface area contributed by atoms with Gasteiger partial charge in [0.2, 0.25) is 0 Å². The molecule has 1 N–H and O–H groups in total. The van der Waals surface area contributed by atoms with Crippen molar-refractivity contribution in [1.29, 1.82) is 0 Å². The zero-order valence-electron chi connectivity index (χ0n) is 15.8. The number of hydrogen-bond donors (Lipinski definition) is 1. The molecule has 3 rings (SSSR count). The Kier molecular flexibility index (Phi) is 4.63. The van der Waals surface area contributed by atoms with Gasteiger partial charge in [-0.2, -0.15) is 0 Å². The third-order valence-electron chi connectivity index (χ3n) is 5.06. The van der Waals surface area contributed by atoms with Crippen LogP contribution >= 0.6 is 0 Å². The van der Waals surface area contributed by atoms with Gasteiger partial charge in [-0.25, -0.2) is 4.79 Å². The molecule has 0 saturated carbocycles. The summed E-state index contributed by atoms with van der Waals surface area (Å²) in [5.74, 6) is -1.29. The number of dihydropyridines is 1. The summed E-state index contributed by atoms with van der Waals surface area (Å²) in [7, 11) is 1.28. The van der Waals surface area contributed by atoms with Crippen LogP contribution in [0.2, 0.25) is 0 Å². The number of nitrogens with one attached hydrogen (secondary N) is 1. The van der Waals surface area contributed by atoms with E-state index in [1.54, 1.807) is 19.1 Å². The van der Waals surface area contributed by atoms with Crippen molar-refractivity contribution < 1.29 is 19.2 Å². The third kappa shape index (κ3) is 3.37. The van der Waals surface area contributed by atoms with Gasteiger partial charge in [0.25, 0.3) is 5.69 Å². The number of nitro groups is 1. The minimum absolute atomic E-state index is 0.0563. The molecule has 0 spiro atoms. The van der Waals surface area contributed by atoms with Crippen LogP contribution in [0.5, 0.6) is 0 Å². The monoisotopic (exact) mass is 370 g/mol. The number of carbonyl (C=O) groups excluding carboxylic acids is 2. The zero-order chi connectivity index (χ0) is 19.9. The molecule has 0 radical (unpaired) electrons. The van der Waals surface area contributed by atoms with E-state index in [-0.39, 0.29) is 16.9 Å². The molecule has 0 fully saturated rings. The Hall–Kier alpha value is -2.96. The Labute approximate surface area is 157 Å². The number of hydrogen-bond acceptors (Lipinski definition) is 6. The van der Waals surface area contributed by atoms with E-state index in [2.05, 4.69) is 5.32 Å². The topological polar surface area (TPSA) is 98.5 Å². The molecule has 1 aliphatic heterocycles. The highest BCUT2D eigenvalue weighted by atomic mass is 16.6. The highest BCUT2D eigenvalue weighted by Gasteiger charge is 2.43. The number of non-ortho nitro benzene ring substituents is 1. The lowest BCUT2D eigenvalue weighted by atomic mass is 9.68. The molecule has 1 atom stereocenters. The van der Waals surface area contributed by atoms with Gasteiger partial charge in [-0.1, -0.05) is 26.0 Å². The lowest BCUT2D eigenvalue weighted by molar-refractivity contribution is -0.384. The highest BCUT2D eigenvalue weighted by molar-refractivity contribution is 6.04. The molecule has 1 aromatic carbocycles. The minimum Gasteiger partial charge on any atom is -0.466 e. The Balaban J connectivity index is 2.23. The number of rotatable bonds is 3. The number of Topliss-reactive ketones (excluding diaryl/α,β-unsaturated/α-hetero) is 1. The molecule has 1 aromatic rings. The van der Waals surface area contributed by atoms with Crippen LogP contribution in [0.4, 0.5) is 5.69 Å². The van der Waals surface area contributed by atoms with Crippen molar-refractivity contribution in [2.45, 2.75) is 39.5 Å². The lowest BCUT2D eigenvalue weighted by Gasteiger charge is -2.39. The van der Waals surface area contributed by atoms with E-state index in [0.717, 1.165) is 5.70 Å². The average Bonchev–Trinajstić information content (AvgIpc) is 2.58. The number of nitro benzene ring substituents is 1. The van der Waals surface area contributed by atoms with E-state index >= 15 is 0 Å². The van der Waals surface area contributed by atoms with Crippen LogP contribution in [-0.2, 0) is 14.3 Å². The number of ketones is 1. The summed E-state index contributed by atoms with van der Waals surface area (Å²) in [5.41, 5.74) is 2.44. The normalized spacial score (nSPS) is 21.5. The van der Waals surface area contributed by atoms with E-state index < -0.39 is 16.8 Å². The summed E-state index contributed by atoms with van der Waals surface area (Å²) >= 11 is 0. The predicted molar refractivity (Wildman–Crippen MR) is 98.7 cm³/mol. The Morgan fingerprint density at radius 3 is 2.67 bits per heavy atom. The first-order chi connectivity index (χ1) is 12.6. The van der Waals surface area contributed by atoms with Crippen LogP contribution in [0, 0.1) is 15.5 Å². The summed E-state index contributed by atoms with van der Waals surface area (Å²) in [6.45, 7) is 5.80. The number of benzene rings is 1. The van der Waals surface area contributed by atoms with Gasteiger partial charge in [0.1, 0.15) is 0 Å². The number of methoxy groups -OCH3 is 1. The van der Waals surface area contributed by atoms with Gasteiger partial charge in [0, 0.05) is 41.4 Å². The van der Waals surface area contributed by atoms with Gasteiger partial charge in [-0.15, -0.1) is 0 Å². The average molecular weight is 370 g/mol. The maximum atomic E-state index is 13.0. The molecule has 1 aliphatic carbocycles. The lowest BCUT2D eigenvalue weighted by Crippen LogP contribution is -2.38. The molecular formula is C20H22N2O5. The van der Waals surface area contributed by atoms with Crippen molar-refractivity contribution in [1.82, 2.24) is 5.32 Å². The zero-order valence-corrected chi connectivity index (χ0v) is 15.8. The fourth-order valence-corrected chi connectivity index (χ4v) is 3.97. The third-order valence-corrected chi connectivity index (χ3v) is 5.06. The molecule has 27 heavy (non-hydrogen) atoms. The summed E-state index contributed by atoms with van der Waals surface area (Å²) in [5, 5.41) is 14.4. The first-order valence-electron chi connectivity index (χ1n) is 8.71. The van der Waals surface area contributed by atoms with Crippen LogP contribution < -0.4 is 5.32 Å².